The maximum atomic E-state index is 14.3. The molecule has 0 spiro atoms. The van der Waals surface area contributed by atoms with Gasteiger partial charge in [-0.25, -0.2) is 14.4 Å². The largest absolute Gasteiger partial charge is 0.503 e. The molecule has 0 radical (unpaired) electrons. The van der Waals surface area contributed by atoms with Crippen LogP contribution in [0.1, 0.15) is 207 Å². The Morgan fingerprint density at radius 3 is 1.41 bits per heavy atom. The van der Waals surface area contributed by atoms with Crippen LogP contribution in [0.15, 0.2) is 67.8 Å². The zero-order valence-electron chi connectivity index (χ0n) is 78.1. The molecule has 0 bridgehead atoms. The number of hydrogen-bond donors (Lipinski definition) is 16. The van der Waals surface area contributed by atoms with E-state index in [9.17, 15) is 122 Å². The van der Waals surface area contributed by atoms with Crippen molar-refractivity contribution in [2.45, 2.75) is 235 Å². The summed E-state index contributed by atoms with van der Waals surface area (Å²) in [4.78, 5) is 246. The van der Waals surface area contributed by atoms with Crippen molar-refractivity contribution >= 4 is 94.1 Å². The Bertz CT molecular complexity index is 5600. The van der Waals surface area contributed by atoms with E-state index in [1.807, 2.05) is 30.3 Å². The van der Waals surface area contributed by atoms with Gasteiger partial charge in [0.1, 0.15) is 61.1 Å². The molecule has 5 aromatic heterocycles. The number of nitrogens with zero attached hydrogens (tertiary/aromatic N) is 7. The van der Waals surface area contributed by atoms with E-state index in [1.165, 1.54) is 33.8 Å². The van der Waals surface area contributed by atoms with Gasteiger partial charge in [-0.2, -0.15) is 0 Å². The average molecular weight is 1890 g/mol. The molecular weight excluding hydrogens is 1770 g/mol. The van der Waals surface area contributed by atoms with E-state index in [0.29, 0.717) is 45.9 Å². The lowest BCUT2D eigenvalue weighted by atomic mass is 9.81. The number of hydrogen-bond acceptors (Lipinski definition) is 28. The third kappa shape index (κ3) is 31.8. The molecule has 3 atom stereocenters. The molecule has 44 heteroatoms. The second kappa shape index (κ2) is 48.0. The zero-order chi connectivity index (χ0) is 101. The minimum Gasteiger partial charge on any atom is -0.503 e. The summed E-state index contributed by atoms with van der Waals surface area (Å²) in [6.07, 6.45) is 2.88. The Balaban J connectivity index is 1.00. The molecule has 7 rings (SSSR count). The summed E-state index contributed by atoms with van der Waals surface area (Å²) in [5.41, 5.74) is 2.93. The number of pyridine rings is 5. The van der Waals surface area contributed by atoms with Crippen LogP contribution >= 0.6 is 0 Å². The molecule has 0 aliphatic heterocycles. The minimum absolute atomic E-state index is 0.0165. The summed E-state index contributed by atoms with van der Waals surface area (Å²) in [5, 5.41) is 93.0. The number of aryl methyl sites for hydroxylation is 2. The van der Waals surface area contributed by atoms with Gasteiger partial charge in [-0.3, -0.25) is 95.5 Å². The van der Waals surface area contributed by atoms with E-state index >= 15 is 0 Å². The van der Waals surface area contributed by atoms with Crippen molar-refractivity contribution in [2.24, 2.45) is 23.3 Å². The summed E-state index contributed by atoms with van der Waals surface area (Å²) in [6.45, 7) is 16.0. The number of nitrogens with one attached hydrogen (secondary N) is 7. The van der Waals surface area contributed by atoms with E-state index in [2.05, 4.69) is 42.2 Å². The van der Waals surface area contributed by atoms with Gasteiger partial charge in [-0.05, 0) is 209 Å². The minimum atomic E-state index is -1.49. The molecule has 135 heavy (non-hydrogen) atoms. The van der Waals surface area contributed by atoms with Gasteiger partial charge in [0.25, 0.3) is 45.9 Å². The van der Waals surface area contributed by atoms with Crippen molar-refractivity contribution in [3.05, 3.63) is 152 Å². The number of esters is 3. The number of fused-ring (bicyclic) bond motifs is 1. The molecule has 18 N–H and O–H groups in total. The highest BCUT2D eigenvalue weighted by Gasteiger charge is 2.36. The van der Waals surface area contributed by atoms with Crippen LogP contribution in [0, 0.1) is 39.5 Å². The first-order valence-corrected chi connectivity index (χ1v) is 44.1. The number of ether oxygens (including phenoxy) is 3. The van der Waals surface area contributed by atoms with Gasteiger partial charge in [-0.15, -0.1) is 0 Å². The van der Waals surface area contributed by atoms with Crippen molar-refractivity contribution in [3.63, 3.8) is 0 Å². The first kappa shape index (κ1) is 108. The Kier molecular flexibility index (Phi) is 38.4. The van der Waals surface area contributed by atoms with Crippen molar-refractivity contribution < 1.29 is 117 Å². The van der Waals surface area contributed by atoms with Crippen LogP contribution in [0.2, 0.25) is 0 Å². The number of urea groups is 1. The lowest BCUT2D eigenvalue weighted by molar-refractivity contribution is -0.159. The third-order valence-electron chi connectivity index (χ3n) is 22.3. The molecule has 44 nitrogen and oxygen atoms in total. The van der Waals surface area contributed by atoms with Crippen molar-refractivity contribution in [1.82, 2.24) is 70.3 Å². The number of carboxylic acid groups (broad SMARTS) is 3. The standard InChI is InChI=1S/C91H124N16O28/c1-49-39-59(79(123)95-31-37-103(38-32-96-80(124)60-40-50(2)105(46-66(109)110)83(127)75(60)119)34-18-33-102(35-28-57-70(76(92)120)51(3)106(47-67(111)112)84(128)72(57)116)36-29-58-71(77(93)121)52(4)107(48-68(113)114)85(129)73(58)117)74(118)82(126)104(49)45-65(108)98-43-53-22-24-55(25-23-53)78(122)99-64(42-54-41-56-19-14-15-20-61(56)97-44-54)81(125)94-30-17-16-21-62(86(130)134-90(8,9)10)100-88(132)101-63(87(131)135-91(11,12)13)26-27-69(115)133-89(5,6)7/h14-15,19-20,39-41,44,53,55,62-64,116-119H,16-18,21-38,42-43,45-48H2,1-13H3,(H2,92,120)(H2,93,121)(H,94,125)(H,95,123)(H,96,124)(H,98,108)(H,99,122)(H,109,110)(H,111,112)(H,113,114)(H2,100,101,132)/t53?,55?,62-,63-,64-/m0/s1. The molecule has 1 saturated carbocycles. The van der Waals surface area contributed by atoms with Gasteiger partial charge in [-0.1, -0.05) is 18.2 Å². The number of rotatable bonds is 47. The average Bonchev–Trinajstić information content (AvgIpc) is 0.772. The van der Waals surface area contributed by atoms with Gasteiger partial charge in [0.2, 0.25) is 17.7 Å². The predicted molar refractivity (Wildman–Crippen MR) is 487 cm³/mol. The fourth-order valence-electron chi connectivity index (χ4n) is 15.6. The Morgan fingerprint density at radius 2 is 0.941 bits per heavy atom. The SMILES string of the molecule is Cc1cc(C(=O)NCCN(CCCN(CCc2c(C(N)=O)c(C)n(CC(=O)O)c(=O)c2O)CCc2c(C(N)=O)c(C)n(CC(=O)O)c(=O)c2O)CCNC(=O)c2cc(C)n(CC(=O)NCC3CCC(C(=O)N[C@@H](Cc4cnc5ccccc5c4)C(=O)NCCCC[C@H](NC(=O)N[C@@H](CCC(=O)OC(C)(C)C)C(=O)OC(C)(C)C)C(=O)OC(C)(C)C)CC3)c(=O)c2O)c(O)c(=O)n1CC(=O)O. The van der Waals surface area contributed by atoms with Crippen LogP contribution in [0.5, 0.6) is 23.0 Å². The monoisotopic (exact) mass is 1890 g/mol. The van der Waals surface area contributed by atoms with Gasteiger partial charge in [0.15, 0.2) is 23.0 Å². The van der Waals surface area contributed by atoms with Gasteiger partial charge in [0.05, 0.1) is 27.8 Å². The van der Waals surface area contributed by atoms with Crippen LogP contribution < -0.4 is 70.9 Å². The van der Waals surface area contributed by atoms with Crippen molar-refractivity contribution in [3.8, 4) is 23.0 Å². The molecule has 1 aliphatic rings. The number of carboxylic acids is 3. The Hall–Kier alpha value is -14.1. The summed E-state index contributed by atoms with van der Waals surface area (Å²) in [5.74, 6) is -17.1. The number of para-hydroxylation sites is 1. The number of aromatic hydroxyl groups is 4. The molecule has 0 unspecified atom stereocenters. The molecule has 1 aromatic carbocycles. The van der Waals surface area contributed by atoms with Crippen LogP contribution in [0.3, 0.4) is 0 Å². The molecule has 1 fully saturated rings. The second-order valence-electron chi connectivity index (χ2n) is 36.2. The Morgan fingerprint density at radius 1 is 0.496 bits per heavy atom. The second-order valence-corrected chi connectivity index (χ2v) is 36.2. The lowest BCUT2D eigenvalue weighted by Crippen LogP contribution is -2.53. The number of nitrogens with two attached hydrogens (primary N) is 2. The molecule has 0 saturated heterocycles. The quantitative estimate of drug-likeness (QED) is 0.0147. The topological polar surface area (TPSA) is 652 Å². The van der Waals surface area contributed by atoms with Crippen molar-refractivity contribution in [2.75, 3.05) is 65.4 Å². The van der Waals surface area contributed by atoms with Crippen molar-refractivity contribution in [1.29, 1.82) is 0 Å². The smallest absolute Gasteiger partial charge is 0.329 e. The fraction of sp³-hybridized carbons (Fsp3) is 0.527. The highest BCUT2D eigenvalue weighted by molar-refractivity contribution is 5.99. The maximum Gasteiger partial charge on any atom is 0.329 e. The number of benzene rings is 1. The van der Waals surface area contributed by atoms with E-state index in [-0.39, 0.29) is 180 Å². The number of aliphatic carboxylic acids is 3. The summed E-state index contributed by atoms with van der Waals surface area (Å²) in [7, 11) is 0. The van der Waals surface area contributed by atoms with E-state index in [1.54, 1.807) is 78.3 Å². The number of aromatic nitrogens is 5. The number of carbonyl (C=O) groups is 14. The summed E-state index contributed by atoms with van der Waals surface area (Å²) < 4.78 is 19.6. The molecule has 9 amide bonds. The highest BCUT2D eigenvalue weighted by Crippen LogP contribution is 2.31. The molecule has 6 aromatic rings. The van der Waals surface area contributed by atoms with Gasteiger partial charge >= 0.3 is 41.8 Å². The maximum absolute atomic E-state index is 14.3. The third-order valence-corrected chi connectivity index (χ3v) is 22.3. The lowest BCUT2D eigenvalue weighted by Gasteiger charge is -2.29. The van der Waals surface area contributed by atoms with E-state index in [0.717, 1.165) is 20.6 Å². The number of amides is 9. The highest BCUT2D eigenvalue weighted by atomic mass is 16.6. The fourth-order valence-corrected chi connectivity index (χ4v) is 15.6. The Labute approximate surface area is 776 Å². The first-order chi connectivity index (χ1) is 63.1. The number of carbonyl (C=O) groups excluding carboxylic acids is 11. The van der Waals surface area contributed by atoms with Crippen LogP contribution in [-0.4, -0.2) is 252 Å². The van der Waals surface area contributed by atoms with Gasteiger partial charge in [0, 0.05) is 117 Å². The van der Waals surface area contributed by atoms with Crippen LogP contribution in [-0.2, 0) is 103 Å². The molecule has 736 valence electrons. The van der Waals surface area contributed by atoms with Gasteiger partial charge < -0.3 is 108 Å². The van der Waals surface area contributed by atoms with E-state index in [4.69, 9.17) is 25.7 Å². The summed E-state index contributed by atoms with van der Waals surface area (Å²) in [6, 6.07) is 6.98. The summed E-state index contributed by atoms with van der Waals surface area (Å²) >= 11 is 0. The first-order valence-electron chi connectivity index (χ1n) is 44.1. The van der Waals surface area contributed by atoms with Crippen LogP contribution in [0.4, 0.5) is 4.79 Å². The molecule has 5 heterocycles. The molecule has 1 aliphatic carbocycles. The predicted octanol–water partition coefficient (Wildman–Crippen LogP) is 1.81. The zero-order valence-corrected chi connectivity index (χ0v) is 78.1. The van der Waals surface area contributed by atoms with Crippen LogP contribution in [0.25, 0.3) is 10.9 Å². The normalized spacial score (nSPS) is 14.0. The number of unbranched alkanes of at least 4 members (excludes halogenated alkanes) is 1. The molecular formula is C91H124N16O28. The number of primary amides is 2. The van der Waals surface area contributed by atoms with E-state index < -0.39 is 201 Å².